The van der Waals surface area contributed by atoms with Crippen LogP contribution in [0, 0.1) is 11.6 Å². The molecule has 31 heavy (non-hydrogen) atoms. The smallest absolute Gasteiger partial charge is 0.347 e. The van der Waals surface area contributed by atoms with E-state index in [1.54, 1.807) is 20.8 Å². The number of thiazole rings is 1. The number of carboxylic acid groups (broad SMARTS) is 1. The number of nitrogens with one attached hydrogen (secondary N) is 2. The van der Waals surface area contributed by atoms with E-state index >= 15 is 0 Å². The van der Waals surface area contributed by atoms with Crippen molar-refractivity contribution in [3.8, 4) is 0 Å². The fraction of sp³-hybridized carbons (Fsp3) is 0.400. The molecule has 0 radical (unpaired) electrons. The standard InChI is InChI=1S/C20H23F2N3O5S/c1-4-5-13(23-18(28)15(26)10-6-11(21)8-12(22)7-10)17(27)25-20-24-14(9(2)3)16(31-20)19(29)30/h6-9,13,15,26H,4-5H2,1-3H3,(H,23,28)(H,29,30)(H,24,25,27)/t13-,15?/m0/s1. The summed E-state index contributed by atoms with van der Waals surface area (Å²) < 4.78 is 26.7. The SMILES string of the molecule is CCC[C@H](NC(=O)C(O)c1cc(F)cc(F)c1)C(=O)Nc1nc(C(C)C)c(C(=O)O)s1. The highest BCUT2D eigenvalue weighted by Gasteiger charge is 2.27. The molecule has 2 amide bonds. The average molecular weight is 455 g/mol. The van der Waals surface area contributed by atoms with E-state index in [0.29, 0.717) is 18.2 Å². The topological polar surface area (TPSA) is 129 Å². The summed E-state index contributed by atoms with van der Waals surface area (Å²) in [7, 11) is 0. The molecule has 0 aliphatic carbocycles. The molecule has 11 heteroatoms. The zero-order valence-corrected chi connectivity index (χ0v) is 17.9. The highest BCUT2D eigenvalue weighted by Crippen LogP contribution is 2.28. The Balaban J connectivity index is 2.16. The van der Waals surface area contributed by atoms with Gasteiger partial charge in [0.15, 0.2) is 11.2 Å². The van der Waals surface area contributed by atoms with Gasteiger partial charge in [0.1, 0.15) is 22.6 Å². The molecule has 2 atom stereocenters. The Kier molecular flexibility index (Phi) is 8.17. The second-order valence-corrected chi connectivity index (χ2v) is 8.14. The highest BCUT2D eigenvalue weighted by molar-refractivity contribution is 7.17. The van der Waals surface area contributed by atoms with Crippen LogP contribution in [0.15, 0.2) is 18.2 Å². The molecule has 1 aromatic heterocycles. The van der Waals surface area contributed by atoms with Gasteiger partial charge < -0.3 is 20.8 Å². The number of rotatable bonds is 9. The van der Waals surface area contributed by atoms with Crippen LogP contribution in [0.2, 0.25) is 0 Å². The number of hydrogen-bond donors (Lipinski definition) is 4. The van der Waals surface area contributed by atoms with E-state index < -0.39 is 41.6 Å². The second kappa shape index (κ2) is 10.4. The molecular weight excluding hydrogens is 432 g/mol. The number of carbonyl (C=O) groups is 3. The summed E-state index contributed by atoms with van der Waals surface area (Å²) in [6, 6.07) is 1.16. The Morgan fingerprint density at radius 1 is 1.13 bits per heavy atom. The maximum atomic E-state index is 13.4. The lowest BCUT2D eigenvalue weighted by molar-refractivity contribution is -0.133. The number of halogens is 2. The largest absolute Gasteiger partial charge is 0.477 e. The van der Waals surface area contributed by atoms with E-state index in [2.05, 4.69) is 15.6 Å². The van der Waals surface area contributed by atoms with Crippen molar-refractivity contribution in [1.82, 2.24) is 10.3 Å². The number of amides is 2. The lowest BCUT2D eigenvalue weighted by atomic mass is 10.1. The van der Waals surface area contributed by atoms with Gasteiger partial charge in [-0.25, -0.2) is 18.6 Å². The molecule has 0 spiro atoms. The first-order chi connectivity index (χ1) is 14.5. The van der Waals surface area contributed by atoms with Crippen molar-refractivity contribution in [2.24, 2.45) is 0 Å². The third-order valence-electron chi connectivity index (χ3n) is 4.28. The van der Waals surface area contributed by atoms with E-state index in [1.165, 1.54) is 0 Å². The number of nitrogens with zero attached hydrogens (tertiary/aromatic N) is 1. The van der Waals surface area contributed by atoms with E-state index in [9.17, 15) is 33.4 Å². The first kappa shape index (κ1) is 24.4. The molecule has 1 heterocycles. The van der Waals surface area contributed by atoms with Crippen molar-refractivity contribution < 1.29 is 33.4 Å². The van der Waals surface area contributed by atoms with Crippen molar-refractivity contribution in [1.29, 1.82) is 0 Å². The molecule has 0 fully saturated rings. The van der Waals surface area contributed by atoms with Gasteiger partial charge in [-0.15, -0.1) is 0 Å². The molecule has 4 N–H and O–H groups in total. The lowest BCUT2D eigenvalue weighted by Gasteiger charge is -2.19. The van der Waals surface area contributed by atoms with E-state index in [-0.39, 0.29) is 27.9 Å². The molecule has 8 nitrogen and oxygen atoms in total. The number of hydrogen-bond acceptors (Lipinski definition) is 6. The van der Waals surface area contributed by atoms with Crippen molar-refractivity contribution in [2.75, 3.05) is 5.32 Å². The molecule has 2 rings (SSSR count). The van der Waals surface area contributed by atoms with Gasteiger partial charge in [0.25, 0.3) is 5.91 Å². The van der Waals surface area contributed by atoms with Gasteiger partial charge in [-0.2, -0.15) is 0 Å². The minimum absolute atomic E-state index is 0.00456. The summed E-state index contributed by atoms with van der Waals surface area (Å²) in [5.74, 6) is -4.92. The van der Waals surface area contributed by atoms with Crippen LogP contribution in [0.25, 0.3) is 0 Å². The second-order valence-electron chi connectivity index (χ2n) is 7.14. The first-order valence-electron chi connectivity index (χ1n) is 9.52. The summed E-state index contributed by atoms with van der Waals surface area (Å²) in [6.45, 7) is 5.31. The average Bonchev–Trinajstić information content (AvgIpc) is 3.10. The molecule has 0 saturated heterocycles. The molecular formula is C20H23F2N3O5S. The van der Waals surface area contributed by atoms with Gasteiger partial charge in [-0.05, 0) is 30.0 Å². The predicted molar refractivity (Wildman–Crippen MR) is 110 cm³/mol. The first-order valence-corrected chi connectivity index (χ1v) is 10.3. The number of aromatic carboxylic acids is 1. The zero-order chi connectivity index (χ0) is 23.3. The molecule has 1 unspecified atom stereocenters. The fourth-order valence-corrected chi connectivity index (χ4v) is 3.78. The molecule has 0 bridgehead atoms. The summed E-state index contributed by atoms with van der Waals surface area (Å²) in [5.41, 5.74) is 0.0330. The molecule has 0 aliphatic rings. The Morgan fingerprint density at radius 2 is 1.74 bits per heavy atom. The van der Waals surface area contributed by atoms with Gasteiger partial charge in [0, 0.05) is 6.07 Å². The summed E-state index contributed by atoms with van der Waals surface area (Å²) in [6.07, 6.45) is -1.18. The van der Waals surface area contributed by atoms with Crippen molar-refractivity contribution >= 4 is 34.3 Å². The van der Waals surface area contributed by atoms with Crippen molar-refractivity contribution in [2.45, 2.75) is 51.7 Å². The number of aliphatic hydroxyl groups is 1. The van der Waals surface area contributed by atoms with Crippen LogP contribution < -0.4 is 10.6 Å². The maximum absolute atomic E-state index is 13.4. The Bertz CT molecular complexity index is 959. The summed E-state index contributed by atoms with van der Waals surface area (Å²) in [5, 5.41) is 24.3. The fourth-order valence-electron chi connectivity index (χ4n) is 2.81. The molecule has 2 aromatic rings. The number of carboxylic acids is 1. The predicted octanol–water partition coefficient (Wildman–Crippen LogP) is 3.20. The number of anilines is 1. The quantitative estimate of drug-likeness (QED) is 0.460. The minimum atomic E-state index is -1.89. The van der Waals surface area contributed by atoms with Crippen LogP contribution in [0.3, 0.4) is 0 Å². The van der Waals surface area contributed by atoms with Gasteiger partial charge in [0.2, 0.25) is 5.91 Å². The van der Waals surface area contributed by atoms with Gasteiger partial charge in [-0.1, -0.05) is 38.5 Å². The van der Waals surface area contributed by atoms with E-state index in [0.717, 1.165) is 23.5 Å². The number of aromatic nitrogens is 1. The molecule has 168 valence electrons. The van der Waals surface area contributed by atoms with E-state index in [1.807, 2.05) is 0 Å². The van der Waals surface area contributed by atoms with E-state index in [4.69, 9.17) is 0 Å². The molecule has 0 saturated carbocycles. The lowest BCUT2D eigenvalue weighted by Crippen LogP contribution is -2.45. The third-order valence-corrected chi connectivity index (χ3v) is 5.26. The van der Waals surface area contributed by atoms with Gasteiger partial charge in [0.05, 0.1) is 5.69 Å². The van der Waals surface area contributed by atoms with Crippen LogP contribution in [0.5, 0.6) is 0 Å². The molecule has 1 aromatic carbocycles. The van der Waals surface area contributed by atoms with Gasteiger partial charge >= 0.3 is 5.97 Å². The Morgan fingerprint density at radius 3 is 2.23 bits per heavy atom. The monoisotopic (exact) mass is 455 g/mol. The van der Waals surface area contributed by atoms with Crippen molar-refractivity contribution in [3.05, 3.63) is 46.0 Å². The third kappa shape index (κ3) is 6.28. The van der Waals surface area contributed by atoms with Crippen LogP contribution in [0.4, 0.5) is 13.9 Å². The van der Waals surface area contributed by atoms with Crippen LogP contribution in [-0.4, -0.2) is 39.0 Å². The van der Waals surface area contributed by atoms with Crippen molar-refractivity contribution in [3.63, 3.8) is 0 Å². The normalized spacial score (nSPS) is 13.0. The number of aliphatic hydroxyl groups excluding tert-OH is 1. The number of benzene rings is 1. The van der Waals surface area contributed by atoms with Crippen LogP contribution >= 0.6 is 11.3 Å². The number of carbonyl (C=O) groups excluding carboxylic acids is 2. The minimum Gasteiger partial charge on any atom is -0.477 e. The summed E-state index contributed by atoms with van der Waals surface area (Å²) >= 11 is 0.797. The maximum Gasteiger partial charge on any atom is 0.347 e. The Hall–Kier alpha value is -2.92. The molecule has 0 aliphatic heterocycles. The zero-order valence-electron chi connectivity index (χ0n) is 17.1. The summed E-state index contributed by atoms with van der Waals surface area (Å²) in [4.78, 5) is 40.6. The van der Waals surface area contributed by atoms with Crippen LogP contribution in [0.1, 0.15) is 66.6 Å². The highest BCUT2D eigenvalue weighted by atomic mass is 32.1. The van der Waals surface area contributed by atoms with Gasteiger partial charge in [-0.3, -0.25) is 9.59 Å². The Labute approximate surface area is 181 Å². The van der Waals surface area contributed by atoms with Crippen LogP contribution in [-0.2, 0) is 9.59 Å².